The second-order valence-electron chi connectivity index (χ2n) is 4.79. The normalized spacial score (nSPS) is 16.9. The van der Waals surface area contributed by atoms with Crippen molar-refractivity contribution in [2.45, 2.75) is 38.8 Å². The van der Waals surface area contributed by atoms with Gasteiger partial charge in [-0.25, -0.2) is 0 Å². The topological polar surface area (TPSA) is 32.3 Å². The predicted octanol–water partition coefficient (Wildman–Crippen LogP) is 2.33. The highest BCUT2D eigenvalue weighted by molar-refractivity contribution is 7.12. The van der Waals surface area contributed by atoms with Gasteiger partial charge in [-0.3, -0.25) is 4.79 Å². The summed E-state index contributed by atoms with van der Waals surface area (Å²) in [7, 11) is 1.90. The summed E-state index contributed by atoms with van der Waals surface area (Å²) in [6, 6.07) is 5.01. The highest BCUT2D eigenvalue weighted by Gasteiger charge is 2.29. The van der Waals surface area contributed by atoms with Crippen LogP contribution in [-0.4, -0.2) is 30.4 Å². The van der Waals surface area contributed by atoms with Crippen molar-refractivity contribution >= 4 is 17.2 Å². The molecular formula is C13H20N2OS. The molecule has 3 nitrogen and oxygen atoms in total. The molecule has 1 saturated carbocycles. The molecule has 0 saturated heterocycles. The van der Waals surface area contributed by atoms with Gasteiger partial charge in [-0.2, -0.15) is 0 Å². The Morgan fingerprint density at radius 3 is 2.82 bits per heavy atom. The first kappa shape index (κ1) is 12.6. The Morgan fingerprint density at radius 2 is 2.29 bits per heavy atom. The number of rotatable bonds is 5. The van der Waals surface area contributed by atoms with E-state index in [4.69, 9.17) is 0 Å². The first-order valence-corrected chi connectivity index (χ1v) is 6.95. The maximum atomic E-state index is 11.8. The van der Waals surface area contributed by atoms with Gasteiger partial charge in [0.2, 0.25) is 5.91 Å². The molecular weight excluding hydrogens is 232 g/mol. The van der Waals surface area contributed by atoms with E-state index in [0.29, 0.717) is 12.6 Å². The number of amides is 1. The SMILES string of the molecule is Cc1ccc(C(C)NCC(=O)N(C)C2CC2)s1. The van der Waals surface area contributed by atoms with Crippen LogP contribution >= 0.6 is 11.3 Å². The standard InChI is InChI=1S/C13H20N2OS/c1-9-4-7-12(17-9)10(2)14-8-13(16)15(3)11-5-6-11/h4,7,10-11,14H,5-6,8H2,1-3H3. The average Bonchev–Trinajstić information content (AvgIpc) is 3.07. The number of likely N-dealkylation sites (N-methyl/N-ethyl adjacent to an activating group) is 1. The molecule has 1 aliphatic carbocycles. The van der Waals surface area contributed by atoms with Gasteiger partial charge in [0.05, 0.1) is 6.54 Å². The number of aryl methyl sites for hydroxylation is 1. The number of hydrogen-bond acceptors (Lipinski definition) is 3. The second kappa shape index (κ2) is 5.19. The molecule has 1 unspecified atom stereocenters. The van der Waals surface area contributed by atoms with Gasteiger partial charge in [-0.1, -0.05) is 0 Å². The molecule has 1 aliphatic rings. The van der Waals surface area contributed by atoms with Crippen molar-refractivity contribution in [2.75, 3.05) is 13.6 Å². The van der Waals surface area contributed by atoms with E-state index in [1.807, 2.05) is 11.9 Å². The van der Waals surface area contributed by atoms with E-state index in [1.54, 1.807) is 11.3 Å². The zero-order valence-electron chi connectivity index (χ0n) is 10.7. The Labute approximate surface area is 107 Å². The molecule has 0 aromatic carbocycles. The van der Waals surface area contributed by atoms with Gasteiger partial charge in [-0.05, 0) is 38.8 Å². The Kier molecular flexibility index (Phi) is 3.84. The van der Waals surface area contributed by atoms with E-state index in [0.717, 1.165) is 0 Å². The summed E-state index contributed by atoms with van der Waals surface area (Å²) in [5, 5.41) is 3.29. The predicted molar refractivity (Wildman–Crippen MR) is 71.3 cm³/mol. The lowest BCUT2D eigenvalue weighted by Crippen LogP contribution is -2.37. The molecule has 0 spiro atoms. The van der Waals surface area contributed by atoms with Crippen molar-refractivity contribution in [3.05, 3.63) is 21.9 Å². The summed E-state index contributed by atoms with van der Waals surface area (Å²) in [4.78, 5) is 16.3. The molecule has 0 aliphatic heterocycles. The van der Waals surface area contributed by atoms with Crippen LogP contribution in [0.25, 0.3) is 0 Å². The van der Waals surface area contributed by atoms with E-state index in [9.17, 15) is 4.79 Å². The summed E-state index contributed by atoms with van der Waals surface area (Å²) in [5.41, 5.74) is 0. The van der Waals surface area contributed by atoms with Crippen molar-refractivity contribution in [1.82, 2.24) is 10.2 Å². The van der Waals surface area contributed by atoms with Gasteiger partial charge in [0.1, 0.15) is 0 Å². The molecule has 0 bridgehead atoms. The molecule has 4 heteroatoms. The Bertz CT molecular complexity index is 398. The van der Waals surface area contributed by atoms with Crippen molar-refractivity contribution in [2.24, 2.45) is 0 Å². The number of nitrogens with one attached hydrogen (secondary N) is 1. The number of hydrogen-bond donors (Lipinski definition) is 1. The maximum Gasteiger partial charge on any atom is 0.236 e. The van der Waals surface area contributed by atoms with E-state index in [1.165, 1.54) is 22.6 Å². The van der Waals surface area contributed by atoms with Crippen LogP contribution in [0.5, 0.6) is 0 Å². The fraction of sp³-hybridized carbons (Fsp3) is 0.615. The van der Waals surface area contributed by atoms with E-state index in [-0.39, 0.29) is 11.9 Å². The molecule has 1 amide bonds. The smallest absolute Gasteiger partial charge is 0.236 e. The zero-order valence-corrected chi connectivity index (χ0v) is 11.5. The highest BCUT2D eigenvalue weighted by atomic mass is 32.1. The maximum absolute atomic E-state index is 11.8. The van der Waals surface area contributed by atoms with Crippen molar-refractivity contribution < 1.29 is 4.79 Å². The third-order valence-corrected chi connectivity index (χ3v) is 4.42. The third-order valence-electron chi connectivity index (χ3n) is 3.24. The molecule has 17 heavy (non-hydrogen) atoms. The molecule has 0 radical (unpaired) electrons. The molecule has 2 rings (SSSR count). The molecule has 1 N–H and O–H groups in total. The van der Waals surface area contributed by atoms with E-state index >= 15 is 0 Å². The molecule has 1 aromatic heterocycles. The van der Waals surface area contributed by atoms with Gasteiger partial charge < -0.3 is 10.2 Å². The van der Waals surface area contributed by atoms with Gasteiger partial charge in [0.25, 0.3) is 0 Å². The Morgan fingerprint density at radius 1 is 1.59 bits per heavy atom. The van der Waals surface area contributed by atoms with Crippen LogP contribution in [0.1, 0.15) is 35.6 Å². The Hall–Kier alpha value is -0.870. The summed E-state index contributed by atoms with van der Waals surface area (Å²) in [6.45, 7) is 4.65. The van der Waals surface area contributed by atoms with Crippen LogP contribution < -0.4 is 5.32 Å². The lowest BCUT2D eigenvalue weighted by atomic mass is 10.2. The largest absolute Gasteiger partial charge is 0.342 e. The lowest BCUT2D eigenvalue weighted by molar-refractivity contribution is -0.129. The van der Waals surface area contributed by atoms with Crippen LogP contribution in [0.15, 0.2) is 12.1 Å². The minimum Gasteiger partial charge on any atom is -0.342 e. The van der Waals surface area contributed by atoms with Crippen molar-refractivity contribution in [1.29, 1.82) is 0 Å². The molecule has 94 valence electrons. The lowest BCUT2D eigenvalue weighted by Gasteiger charge is -2.18. The van der Waals surface area contributed by atoms with Gasteiger partial charge in [0, 0.05) is 28.9 Å². The van der Waals surface area contributed by atoms with Crippen molar-refractivity contribution in [3.8, 4) is 0 Å². The van der Waals surface area contributed by atoms with Gasteiger partial charge in [-0.15, -0.1) is 11.3 Å². The molecule has 1 fully saturated rings. The molecule has 1 aromatic rings. The summed E-state index contributed by atoms with van der Waals surface area (Å²) >= 11 is 1.79. The number of thiophene rings is 1. The van der Waals surface area contributed by atoms with Gasteiger partial charge in [0.15, 0.2) is 0 Å². The average molecular weight is 252 g/mol. The van der Waals surface area contributed by atoms with Crippen LogP contribution in [0.2, 0.25) is 0 Å². The number of nitrogens with zero attached hydrogens (tertiary/aromatic N) is 1. The Balaban J connectivity index is 1.79. The minimum absolute atomic E-state index is 0.202. The van der Waals surface area contributed by atoms with E-state index in [2.05, 4.69) is 31.3 Å². The zero-order chi connectivity index (χ0) is 12.4. The second-order valence-corrected chi connectivity index (χ2v) is 6.11. The fourth-order valence-electron chi connectivity index (χ4n) is 1.82. The van der Waals surface area contributed by atoms with E-state index < -0.39 is 0 Å². The quantitative estimate of drug-likeness (QED) is 0.872. The van der Waals surface area contributed by atoms with Crippen molar-refractivity contribution in [3.63, 3.8) is 0 Å². The molecule has 1 heterocycles. The summed E-state index contributed by atoms with van der Waals surface area (Å²) in [6.07, 6.45) is 2.34. The fourth-order valence-corrected chi connectivity index (χ4v) is 2.72. The highest BCUT2D eigenvalue weighted by Crippen LogP contribution is 2.25. The monoisotopic (exact) mass is 252 g/mol. The number of carbonyl (C=O) groups is 1. The third kappa shape index (κ3) is 3.30. The van der Waals surface area contributed by atoms with Gasteiger partial charge >= 0.3 is 0 Å². The molecule has 1 atom stereocenters. The van der Waals surface area contributed by atoms with Crippen LogP contribution in [0, 0.1) is 6.92 Å². The first-order chi connectivity index (χ1) is 8.08. The summed E-state index contributed by atoms with van der Waals surface area (Å²) < 4.78 is 0. The van der Waals surface area contributed by atoms with Crippen LogP contribution in [-0.2, 0) is 4.79 Å². The van der Waals surface area contributed by atoms with Crippen LogP contribution in [0.4, 0.5) is 0 Å². The first-order valence-electron chi connectivity index (χ1n) is 6.13. The number of carbonyl (C=O) groups excluding carboxylic acids is 1. The summed E-state index contributed by atoms with van der Waals surface area (Å²) in [5.74, 6) is 0.202. The van der Waals surface area contributed by atoms with Crippen LogP contribution in [0.3, 0.4) is 0 Å². The minimum atomic E-state index is 0.202.